The van der Waals surface area contributed by atoms with E-state index in [4.69, 9.17) is 25.8 Å². The maximum absolute atomic E-state index is 12.5. The summed E-state index contributed by atoms with van der Waals surface area (Å²) in [6.45, 7) is -0.634. The van der Waals surface area contributed by atoms with Gasteiger partial charge in [0.05, 0.1) is 37.4 Å². The van der Waals surface area contributed by atoms with Crippen LogP contribution in [0.1, 0.15) is 16.8 Å². The molecule has 0 spiro atoms. The van der Waals surface area contributed by atoms with E-state index < -0.39 is 36.2 Å². The molecule has 0 aromatic heterocycles. The van der Waals surface area contributed by atoms with Crippen molar-refractivity contribution in [1.82, 2.24) is 10.4 Å². The van der Waals surface area contributed by atoms with Gasteiger partial charge in [0.25, 0.3) is 11.8 Å². The van der Waals surface area contributed by atoms with Gasteiger partial charge in [-0.05, 0) is 36.4 Å². The molecule has 3 amide bonds. The summed E-state index contributed by atoms with van der Waals surface area (Å²) >= 11 is 9.31. The van der Waals surface area contributed by atoms with Gasteiger partial charge in [0.2, 0.25) is 5.91 Å². The highest BCUT2D eigenvalue weighted by atomic mass is 79.9. The van der Waals surface area contributed by atoms with Gasteiger partial charge < -0.3 is 19.5 Å². The summed E-state index contributed by atoms with van der Waals surface area (Å²) < 4.78 is 16.1. The molecule has 12 heteroatoms. The highest BCUT2D eigenvalue weighted by Crippen LogP contribution is 2.28. The van der Waals surface area contributed by atoms with Crippen LogP contribution in [0, 0.1) is 5.92 Å². The summed E-state index contributed by atoms with van der Waals surface area (Å²) in [5, 5.41) is 3.90. The number of rotatable bonds is 8. The molecule has 180 valence electrons. The number of carbonyl (C=O) groups is 4. The Balaban J connectivity index is 1.52. The molecule has 0 bridgehead atoms. The predicted molar refractivity (Wildman–Crippen MR) is 126 cm³/mol. The molecule has 1 atom stereocenters. The summed E-state index contributed by atoms with van der Waals surface area (Å²) in [6, 6.07) is 9.45. The third-order valence-corrected chi connectivity index (χ3v) is 5.70. The molecule has 1 saturated heterocycles. The zero-order valence-corrected chi connectivity index (χ0v) is 20.6. The lowest BCUT2D eigenvalue weighted by Crippen LogP contribution is -2.43. The molecular weight excluding hydrogens is 534 g/mol. The van der Waals surface area contributed by atoms with Crippen LogP contribution in [0.4, 0.5) is 5.69 Å². The van der Waals surface area contributed by atoms with Crippen LogP contribution in [-0.4, -0.2) is 56.1 Å². The summed E-state index contributed by atoms with van der Waals surface area (Å²) in [5.74, 6) is -2.36. The Morgan fingerprint density at radius 2 is 1.85 bits per heavy atom. The zero-order valence-electron chi connectivity index (χ0n) is 18.2. The minimum absolute atomic E-state index is 0.0865. The van der Waals surface area contributed by atoms with Gasteiger partial charge in [-0.1, -0.05) is 27.5 Å². The van der Waals surface area contributed by atoms with E-state index in [1.807, 2.05) is 0 Å². The van der Waals surface area contributed by atoms with Gasteiger partial charge in [-0.2, -0.15) is 0 Å². The lowest BCUT2D eigenvalue weighted by Gasteiger charge is -2.18. The van der Waals surface area contributed by atoms with Crippen LogP contribution < -0.4 is 20.2 Å². The maximum atomic E-state index is 12.5. The number of esters is 1. The van der Waals surface area contributed by atoms with Crippen molar-refractivity contribution in [2.24, 2.45) is 5.92 Å². The second kappa shape index (κ2) is 11.2. The Morgan fingerprint density at radius 3 is 2.53 bits per heavy atom. The average Bonchev–Trinajstić information content (AvgIpc) is 3.18. The van der Waals surface area contributed by atoms with Gasteiger partial charge in [-0.3, -0.25) is 29.6 Å². The van der Waals surface area contributed by atoms with Crippen molar-refractivity contribution in [3.8, 4) is 11.5 Å². The van der Waals surface area contributed by atoms with Crippen LogP contribution in [0.15, 0.2) is 40.9 Å². The highest BCUT2D eigenvalue weighted by Gasteiger charge is 2.36. The van der Waals surface area contributed by atoms with Crippen LogP contribution in [-0.2, 0) is 19.1 Å². The number of hydrazine groups is 1. The van der Waals surface area contributed by atoms with E-state index in [0.717, 1.165) is 9.48 Å². The second-order valence-electron chi connectivity index (χ2n) is 7.20. The molecule has 10 nitrogen and oxygen atoms in total. The number of nitrogens with zero attached hydrogens (tertiary/aromatic N) is 1. The van der Waals surface area contributed by atoms with Crippen molar-refractivity contribution >= 4 is 56.9 Å². The summed E-state index contributed by atoms with van der Waals surface area (Å²) in [6.07, 6.45) is -0.162. The summed E-state index contributed by atoms with van der Waals surface area (Å²) in [5.41, 5.74) is 3.07. The number of hydrogen-bond acceptors (Lipinski definition) is 7. The van der Waals surface area contributed by atoms with Gasteiger partial charge in [0.1, 0.15) is 0 Å². The first-order valence-electron chi connectivity index (χ1n) is 9.96. The smallest absolute Gasteiger partial charge is 0.311 e. The van der Waals surface area contributed by atoms with Crippen LogP contribution in [0.3, 0.4) is 0 Å². The van der Waals surface area contributed by atoms with Crippen molar-refractivity contribution < 1.29 is 33.4 Å². The van der Waals surface area contributed by atoms with E-state index in [-0.39, 0.29) is 18.5 Å². The van der Waals surface area contributed by atoms with E-state index in [2.05, 4.69) is 26.7 Å². The third-order valence-electron chi connectivity index (χ3n) is 4.89. The Kier molecular flexibility index (Phi) is 8.35. The van der Waals surface area contributed by atoms with Gasteiger partial charge in [0, 0.05) is 16.5 Å². The number of hydrogen-bond donors (Lipinski definition) is 2. The molecule has 2 aromatic rings. The van der Waals surface area contributed by atoms with Crippen molar-refractivity contribution in [3.63, 3.8) is 0 Å². The van der Waals surface area contributed by atoms with Gasteiger partial charge in [-0.15, -0.1) is 0 Å². The number of anilines is 1. The summed E-state index contributed by atoms with van der Waals surface area (Å²) in [7, 11) is 2.91. The molecule has 0 radical (unpaired) electrons. The van der Waals surface area contributed by atoms with Gasteiger partial charge in [-0.25, -0.2) is 0 Å². The third kappa shape index (κ3) is 6.17. The van der Waals surface area contributed by atoms with Crippen molar-refractivity contribution in [3.05, 3.63) is 51.5 Å². The largest absolute Gasteiger partial charge is 0.493 e. The monoisotopic (exact) mass is 553 g/mol. The molecule has 1 heterocycles. The fourth-order valence-electron chi connectivity index (χ4n) is 3.17. The lowest BCUT2D eigenvalue weighted by molar-refractivity contribution is -0.151. The molecular formula is C22H21BrClN3O7. The first-order chi connectivity index (χ1) is 16.2. The molecule has 1 aliphatic rings. The molecule has 0 unspecified atom stereocenters. The van der Waals surface area contributed by atoms with Crippen molar-refractivity contribution in [2.75, 3.05) is 32.7 Å². The minimum Gasteiger partial charge on any atom is -0.493 e. The summed E-state index contributed by atoms with van der Waals surface area (Å²) in [4.78, 5) is 49.3. The molecule has 0 saturated carbocycles. The molecule has 1 aliphatic heterocycles. The van der Waals surface area contributed by atoms with Gasteiger partial charge >= 0.3 is 5.97 Å². The van der Waals surface area contributed by atoms with Crippen LogP contribution in [0.25, 0.3) is 0 Å². The number of ether oxygens (including phenoxy) is 3. The predicted octanol–water partition coefficient (Wildman–Crippen LogP) is 2.79. The quantitative estimate of drug-likeness (QED) is 0.481. The maximum Gasteiger partial charge on any atom is 0.311 e. The normalized spacial score (nSPS) is 15.0. The Bertz CT molecular complexity index is 1130. The second-order valence-corrected chi connectivity index (χ2v) is 8.52. The fourth-order valence-corrected chi connectivity index (χ4v) is 3.89. The first kappa shape index (κ1) is 25.3. The van der Waals surface area contributed by atoms with Crippen LogP contribution in [0.5, 0.6) is 11.5 Å². The fraction of sp³-hybridized carbons (Fsp3) is 0.273. The van der Waals surface area contributed by atoms with E-state index in [1.165, 1.54) is 26.4 Å². The number of methoxy groups -OCH3 is 2. The molecule has 3 rings (SSSR count). The molecule has 0 aliphatic carbocycles. The number of halogens is 2. The highest BCUT2D eigenvalue weighted by molar-refractivity contribution is 9.10. The number of carbonyl (C=O) groups excluding carboxylic acids is 4. The average molecular weight is 555 g/mol. The Hall–Kier alpha value is -3.31. The van der Waals surface area contributed by atoms with Crippen molar-refractivity contribution in [2.45, 2.75) is 6.42 Å². The Labute approximate surface area is 208 Å². The first-order valence-corrected chi connectivity index (χ1v) is 11.1. The number of benzene rings is 2. The topological polar surface area (TPSA) is 123 Å². The van der Waals surface area contributed by atoms with E-state index in [0.29, 0.717) is 22.2 Å². The van der Waals surface area contributed by atoms with E-state index in [9.17, 15) is 19.2 Å². The van der Waals surface area contributed by atoms with Crippen molar-refractivity contribution in [1.29, 1.82) is 0 Å². The number of nitrogens with one attached hydrogen (secondary N) is 2. The molecule has 34 heavy (non-hydrogen) atoms. The molecule has 2 aromatic carbocycles. The lowest BCUT2D eigenvalue weighted by atomic mass is 10.1. The van der Waals surface area contributed by atoms with E-state index >= 15 is 0 Å². The molecule has 2 N–H and O–H groups in total. The molecule has 1 fully saturated rings. The minimum atomic E-state index is -0.831. The Morgan fingerprint density at radius 1 is 1.12 bits per heavy atom. The van der Waals surface area contributed by atoms with E-state index in [1.54, 1.807) is 24.3 Å². The SMILES string of the molecule is COc1ccc(C(=O)NN2C[C@@H](C(=O)OCC(=O)Nc3ccc(Br)cc3Cl)CC2=O)cc1OC. The standard InChI is InChI=1S/C22H21BrClN3O7/c1-32-17-6-3-12(7-18(17)33-2)21(30)26-27-10-13(8-20(27)29)22(31)34-11-19(28)25-16-5-4-14(23)9-15(16)24/h3-7,9,13H,8,10-11H2,1-2H3,(H,25,28)(H,26,30)/t13-/m0/s1. The van der Waals surface area contributed by atoms with Gasteiger partial charge in [0.15, 0.2) is 18.1 Å². The zero-order chi connectivity index (χ0) is 24.8. The van der Waals surface area contributed by atoms with Crippen LogP contribution in [0.2, 0.25) is 5.02 Å². The van der Waals surface area contributed by atoms with Crippen LogP contribution >= 0.6 is 27.5 Å². The number of amides is 3.